The number of nitrogens with zero attached hydrogens (tertiary/aromatic N) is 2. The molecule has 1 aromatic heterocycles. The molecule has 2 aromatic rings. The summed E-state index contributed by atoms with van der Waals surface area (Å²) in [7, 11) is -2.36. The van der Waals surface area contributed by atoms with Gasteiger partial charge in [0.05, 0.1) is 11.4 Å². The molecule has 2 N–H and O–H groups in total. The number of carbonyl (C=O) groups is 1. The summed E-state index contributed by atoms with van der Waals surface area (Å²) >= 11 is 3.25. The van der Waals surface area contributed by atoms with Crippen LogP contribution in [0.1, 0.15) is 5.69 Å². The third-order valence-electron chi connectivity index (χ3n) is 2.86. The average Bonchev–Trinajstić information content (AvgIpc) is 2.84. The number of likely N-dealkylation sites (N-methyl/N-ethyl adjacent to an activating group) is 1. The number of sulfonamides is 1. The average molecular weight is 387 g/mol. The molecule has 0 atom stereocenters. The molecule has 118 valence electrons. The van der Waals surface area contributed by atoms with E-state index >= 15 is 0 Å². The highest BCUT2D eigenvalue weighted by Crippen LogP contribution is 2.17. The Hall–Kier alpha value is -1.71. The minimum Gasteiger partial charge on any atom is -0.308 e. The summed E-state index contributed by atoms with van der Waals surface area (Å²) in [4.78, 5) is 12.0. The van der Waals surface area contributed by atoms with E-state index in [1.807, 2.05) is 0 Å². The van der Waals surface area contributed by atoms with Crippen LogP contribution in [-0.4, -0.2) is 42.4 Å². The van der Waals surface area contributed by atoms with Gasteiger partial charge in [-0.1, -0.05) is 15.9 Å². The standard InChI is InChI=1S/C13H15BrN4O3S/c1-9-7-12(17-16-9)15-13(19)8-18(2)22(20,21)11-5-3-10(14)4-6-11/h3-7H,8H2,1-2H3,(H2,15,16,17,19). The largest absolute Gasteiger partial charge is 0.308 e. The second-order valence-electron chi connectivity index (χ2n) is 4.70. The fourth-order valence-electron chi connectivity index (χ4n) is 1.74. The lowest BCUT2D eigenvalue weighted by atomic mass is 10.4. The molecular weight excluding hydrogens is 372 g/mol. The summed E-state index contributed by atoms with van der Waals surface area (Å²) < 4.78 is 26.5. The van der Waals surface area contributed by atoms with Gasteiger partial charge in [-0.05, 0) is 31.2 Å². The molecule has 1 heterocycles. The van der Waals surface area contributed by atoms with Crippen molar-refractivity contribution < 1.29 is 13.2 Å². The Bertz CT molecular complexity index is 771. The van der Waals surface area contributed by atoms with Crippen molar-refractivity contribution in [2.75, 3.05) is 18.9 Å². The van der Waals surface area contributed by atoms with Gasteiger partial charge < -0.3 is 5.32 Å². The molecule has 0 spiro atoms. The molecule has 1 aromatic carbocycles. The zero-order chi connectivity index (χ0) is 16.3. The molecule has 0 aliphatic rings. The quantitative estimate of drug-likeness (QED) is 0.817. The lowest BCUT2D eigenvalue weighted by Crippen LogP contribution is -2.35. The van der Waals surface area contributed by atoms with E-state index < -0.39 is 15.9 Å². The third kappa shape index (κ3) is 3.93. The van der Waals surface area contributed by atoms with Crippen LogP contribution in [0.3, 0.4) is 0 Å². The topological polar surface area (TPSA) is 95.2 Å². The smallest absolute Gasteiger partial charge is 0.243 e. The number of nitrogens with one attached hydrogen (secondary N) is 2. The number of aryl methyl sites for hydroxylation is 1. The molecule has 22 heavy (non-hydrogen) atoms. The fourth-order valence-corrected chi connectivity index (χ4v) is 3.13. The predicted octanol–water partition coefficient (Wildman–Crippen LogP) is 1.74. The number of anilines is 1. The molecule has 1 amide bonds. The van der Waals surface area contributed by atoms with Crippen molar-refractivity contribution in [3.8, 4) is 0 Å². The summed E-state index contributed by atoms with van der Waals surface area (Å²) in [5.74, 6) is -0.105. The molecule has 0 aliphatic heterocycles. The second kappa shape index (κ2) is 6.59. The number of aromatic amines is 1. The Morgan fingerprint density at radius 1 is 1.36 bits per heavy atom. The number of hydrogen-bond acceptors (Lipinski definition) is 4. The van der Waals surface area contributed by atoms with Crippen molar-refractivity contribution in [2.24, 2.45) is 0 Å². The van der Waals surface area contributed by atoms with Crippen LogP contribution in [-0.2, 0) is 14.8 Å². The Morgan fingerprint density at radius 2 is 2.00 bits per heavy atom. The number of carbonyl (C=O) groups excluding carboxylic acids is 1. The van der Waals surface area contributed by atoms with Gasteiger partial charge >= 0.3 is 0 Å². The normalized spacial score (nSPS) is 11.6. The van der Waals surface area contributed by atoms with Gasteiger partial charge in [-0.25, -0.2) is 8.42 Å². The van der Waals surface area contributed by atoms with E-state index in [0.29, 0.717) is 5.82 Å². The molecule has 0 saturated carbocycles. The van der Waals surface area contributed by atoms with E-state index in [1.165, 1.54) is 19.2 Å². The molecular formula is C13H15BrN4O3S. The highest BCUT2D eigenvalue weighted by atomic mass is 79.9. The van der Waals surface area contributed by atoms with Crippen LogP contribution in [0.15, 0.2) is 39.7 Å². The van der Waals surface area contributed by atoms with E-state index in [1.54, 1.807) is 25.1 Å². The SMILES string of the molecule is Cc1cc(NC(=O)CN(C)S(=O)(=O)c2ccc(Br)cc2)n[nH]1. The zero-order valence-electron chi connectivity index (χ0n) is 12.0. The molecule has 7 nitrogen and oxygen atoms in total. The highest BCUT2D eigenvalue weighted by molar-refractivity contribution is 9.10. The molecule has 0 radical (unpaired) electrons. The molecule has 0 saturated heterocycles. The minimum atomic E-state index is -3.71. The van der Waals surface area contributed by atoms with Gasteiger partial charge in [-0.3, -0.25) is 9.89 Å². The van der Waals surface area contributed by atoms with E-state index in [4.69, 9.17) is 0 Å². The van der Waals surface area contributed by atoms with E-state index in [0.717, 1.165) is 14.5 Å². The minimum absolute atomic E-state index is 0.126. The van der Waals surface area contributed by atoms with Gasteiger partial charge in [0.15, 0.2) is 5.82 Å². The Kier molecular flexibility index (Phi) is 4.99. The maximum atomic E-state index is 12.3. The summed E-state index contributed by atoms with van der Waals surface area (Å²) in [6, 6.07) is 7.87. The van der Waals surface area contributed by atoms with Crippen LogP contribution in [0.25, 0.3) is 0 Å². The van der Waals surface area contributed by atoms with E-state index in [2.05, 4.69) is 31.4 Å². The number of hydrogen-bond donors (Lipinski definition) is 2. The van der Waals surface area contributed by atoms with Gasteiger partial charge in [-0.15, -0.1) is 0 Å². The maximum Gasteiger partial charge on any atom is 0.243 e. The van der Waals surface area contributed by atoms with E-state index in [9.17, 15) is 13.2 Å². The van der Waals surface area contributed by atoms with Crippen molar-refractivity contribution in [1.82, 2.24) is 14.5 Å². The lowest BCUT2D eigenvalue weighted by Gasteiger charge is -2.16. The first-order valence-corrected chi connectivity index (χ1v) is 8.56. The number of H-pyrrole nitrogens is 1. The van der Waals surface area contributed by atoms with Crippen LogP contribution < -0.4 is 5.32 Å². The Labute approximate surface area is 136 Å². The van der Waals surface area contributed by atoms with Crippen LogP contribution in [0.2, 0.25) is 0 Å². The first kappa shape index (κ1) is 16.7. The Morgan fingerprint density at radius 3 is 2.55 bits per heavy atom. The van der Waals surface area contributed by atoms with Gasteiger partial charge in [-0.2, -0.15) is 9.40 Å². The summed E-state index contributed by atoms with van der Waals surface area (Å²) in [6.45, 7) is 1.50. The summed E-state index contributed by atoms with van der Waals surface area (Å²) in [6.07, 6.45) is 0. The number of aromatic nitrogens is 2. The van der Waals surface area contributed by atoms with Crippen molar-refractivity contribution in [2.45, 2.75) is 11.8 Å². The van der Waals surface area contributed by atoms with Crippen LogP contribution in [0.4, 0.5) is 5.82 Å². The van der Waals surface area contributed by atoms with Crippen LogP contribution >= 0.6 is 15.9 Å². The number of halogens is 1. The summed E-state index contributed by atoms with van der Waals surface area (Å²) in [5, 5.41) is 9.08. The van der Waals surface area contributed by atoms with Crippen molar-refractivity contribution in [3.05, 3.63) is 40.5 Å². The molecule has 2 rings (SSSR count). The molecule has 0 aliphatic carbocycles. The molecule has 0 fully saturated rings. The zero-order valence-corrected chi connectivity index (χ0v) is 14.4. The second-order valence-corrected chi connectivity index (χ2v) is 7.66. The summed E-state index contributed by atoms with van der Waals surface area (Å²) in [5.41, 5.74) is 0.797. The van der Waals surface area contributed by atoms with E-state index in [-0.39, 0.29) is 11.4 Å². The molecule has 0 bridgehead atoms. The fraction of sp³-hybridized carbons (Fsp3) is 0.231. The number of benzene rings is 1. The van der Waals surface area contributed by atoms with Crippen LogP contribution in [0, 0.1) is 6.92 Å². The van der Waals surface area contributed by atoms with Crippen LogP contribution in [0.5, 0.6) is 0 Å². The van der Waals surface area contributed by atoms with Crippen molar-refractivity contribution >= 4 is 37.7 Å². The third-order valence-corrected chi connectivity index (χ3v) is 5.21. The first-order chi connectivity index (χ1) is 10.3. The van der Waals surface area contributed by atoms with Gasteiger partial charge in [0.25, 0.3) is 0 Å². The highest BCUT2D eigenvalue weighted by Gasteiger charge is 2.23. The predicted molar refractivity (Wildman–Crippen MR) is 85.9 cm³/mol. The Balaban J connectivity index is 2.05. The number of amides is 1. The van der Waals surface area contributed by atoms with Crippen molar-refractivity contribution in [1.29, 1.82) is 0 Å². The van der Waals surface area contributed by atoms with Gasteiger partial charge in [0.2, 0.25) is 15.9 Å². The first-order valence-electron chi connectivity index (χ1n) is 6.33. The molecule has 0 unspecified atom stereocenters. The number of rotatable bonds is 5. The maximum absolute atomic E-state index is 12.3. The monoisotopic (exact) mass is 386 g/mol. The molecule has 9 heteroatoms. The van der Waals surface area contributed by atoms with Gasteiger partial charge in [0, 0.05) is 23.3 Å². The van der Waals surface area contributed by atoms with Crippen molar-refractivity contribution in [3.63, 3.8) is 0 Å². The lowest BCUT2D eigenvalue weighted by molar-refractivity contribution is -0.116. The van der Waals surface area contributed by atoms with Gasteiger partial charge in [0.1, 0.15) is 0 Å².